The molecule has 1 heterocycles. The Morgan fingerprint density at radius 2 is 1.47 bits per heavy atom. The van der Waals surface area contributed by atoms with Crippen molar-refractivity contribution in [2.75, 3.05) is 6.54 Å². The highest BCUT2D eigenvalue weighted by molar-refractivity contribution is 6.07. The van der Waals surface area contributed by atoms with Crippen molar-refractivity contribution in [3.63, 3.8) is 0 Å². The quantitative estimate of drug-likeness (QED) is 0.463. The molecule has 4 aliphatic carbocycles. The maximum absolute atomic E-state index is 14.1. The van der Waals surface area contributed by atoms with Gasteiger partial charge >= 0.3 is 0 Å². The highest BCUT2D eigenvalue weighted by Crippen LogP contribution is 2.59. The second kappa shape index (κ2) is 9.45. The van der Waals surface area contributed by atoms with E-state index in [4.69, 9.17) is 4.84 Å². The molecule has 36 heavy (non-hydrogen) atoms. The average molecular weight is 488 g/mol. The lowest BCUT2D eigenvalue weighted by molar-refractivity contribution is -0.175. The van der Waals surface area contributed by atoms with E-state index in [9.17, 15) is 14.4 Å². The number of piperazine rings is 1. The van der Waals surface area contributed by atoms with Crippen LogP contribution in [0.5, 0.6) is 0 Å². The van der Waals surface area contributed by atoms with Crippen LogP contribution in [0, 0.1) is 23.7 Å². The molecule has 5 fully saturated rings. The summed E-state index contributed by atoms with van der Waals surface area (Å²) in [7, 11) is 0. The third kappa shape index (κ3) is 4.14. The Morgan fingerprint density at radius 3 is 2.08 bits per heavy atom. The number of benzene rings is 2. The topological polar surface area (TPSA) is 87.7 Å². The molecule has 4 saturated carbocycles. The van der Waals surface area contributed by atoms with Crippen molar-refractivity contribution in [1.29, 1.82) is 0 Å². The van der Waals surface area contributed by atoms with Gasteiger partial charge < -0.3 is 0 Å². The molecule has 3 amide bonds. The van der Waals surface area contributed by atoms with E-state index in [0.29, 0.717) is 18.3 Å². The Hall–Kier alpha value is -3.03. The highest BCUT2D eigenvalue weighted by Gasteiger charge is 2.65. The van der Waals surface area contributed by atoms with Crippen LogP contribution in [0.3, 0.4) is 0 Å². The standard InChI is InChI=1S/C29H33N3O4/c33-26(31-36-18-20-9-5-2-6-10-20)17-32-27(34)25(16-19-7-3-1-4-8-19)30-29(28(32)35)23-12-21-11-22(14-23)15-24(29)13-21/h1-10,21-25,30H,11-18H2,(H,31,33)/t21?,22?,23?,24?,25-,29?/m0/s1. The van der Waals surface area contributed by atoms with Crippen molar-refractivity contribution in [1.82, 2.24) is 15.7 Å². The molecule has 7 heteroatoms. The molecule has 0 radical (unpaired) electrons. The summed E-state index contributed by atoms with van der Waals surface area (Å²) in [6, 6.07) is 18.9. The minimum atomic E-state index is -0.758. The van der Waals surface area contributed by atoms with Crippen LogP contribution in [0.2, 0.25) is 0 Å². The first-order valence-corrected chi connectivity index (χ1v) is 13.1. The molecule has 2 aromatic carbocycles. The first-order valence-electron chi connectivity index (χ1n) is 13.1. The second-order valence-electron chi connectivity index (χ2n) is 11.1. The lowest BCUT2D eigenvalue weighted by Gasteiger charge is -2.63. The van der Waals surface area contributed by atoms with E-state index < -0.39 is 17.5 Å². The highest BCUT2D eigenvalue weighted by atomic mass is 16.6. The van der Waals surface area contributed by atoms with Crippen LogP contribution in [0.4, 0.5) is 0 Å². The number of carbonyl (C=O) groups excluding carboxylic acids is 3. The minimum absolute atomic E-state index is 0.212. The van der Waals surface area contributed by atoms with Gasteiger partial charge in [0.1, 0.15) is 12.1 Å². The fourth-order valence-electron chi connectivity index (χ4n) is 7.52. The van der Waals surface area contributed by atoms with E-state index in [1.54, 1.807) is 0 Å². The van der Waals surface area contributed by atoms with Crippen molar-refractivity contribution >= 4 is 17.7 Å². The number of nitrogens with one attached hydrogen (secondary N) is 2. The van der Waals surface area contributed by atoms with Crippen LogP contribution in [0.25, 0.3) is 0 Å². The zero-order valence-corrected chi connectivity index (χ0v) is 20.4. The van der Waals surface area contributed by atoms with Gasteiger partial charge in [0.25, 0.3) is 11.8 Å². The molecule has 2 N–H and O–H groups in total. The molecule has 4 bridgehead atoms. The van der Waals surface area contributed by atoms with Gasteiger partial charge in [-0.25, -0.2) is 5.48 Å². The van der Waals surface area contributed by atoms with Gasteiger partial charge in [-0.3, -0.25) is 29.4 Å². The zero-order valence-electron chi connectivity index (χ0n) is 20.4. The van der Waals surface area contributed by atoms with Crippen molar-refractivity contribution < 1.29 is 19.2 Å². The number of rotatable bonds is 7. The molecule has 2 aromatic rings. The van der Waals surface area contributed by atoms with Crippen LogP contribution >= 0.6 is 0 Å². The van der Waals surface area contributed by atoms with Crippen LogP contribution < -0.4 is 10.8 Å². The van der Waals surface area contributed by atoms with Gasteiger partial charge in [-0.15, -0.1) is 0 Å². The van der Waals surface area contributed by atoms with Crippen molar-refractivity contribution in [3.05, 3.63) is 71.8 Å². The van der Waals surface area contributed by atoms with Crippen LogP contribution in [-0.2, 0) is 32.2 Å². The van der Waals surface area contributed by atoms with Crippen LogP contribution in [-0.4, -0.2) is 40.7 Å². The monoisotopic (exact) mass is 487 g/mol. The molecule has 5 aliphatic rings. The molecule has 1 aliphatic heterocycles. The smallest absolute Gasteiger partial charge is 0.263 e. The SMILES string of the molecule is O=C(CN1C(=O)[C@H](Cc2ccccc2)NC2(C1=O)C1CC3CC(C1)CC2C3)NOCc1ccccc1. The summed E-state index contributed by atoms with van der Waals surface area (Å²) in [5.74, 6) is 0.749. The largest absolute Gasteiger partial charge is 0.291 e. The summed E-state index contributed by atoms with van der Waals surface area (Å²) < 4.78 is 0. The predicted octanol–water partition coefficient (Wildman–Crippen LogP) is 3.00. The van der Waals surface area contributed by atoms with Crippen LogP contribution in [0.1, 0.15) is 43.2 Å². The minimum Gasteiger partial charge on any atom is -0.291 e. The van der Waals surface area contributed by atoms with E-state index in [-0.39, 0.29) is 36.8 Å². The molecule has 0 unspecified atom stereocenters. The molecular formula is C29H33N3O4. The van der Waals surface area contributed by atoms with Gasteiger partial charge in [0, 0.05) is 0 Å². The third-order valence-corrected chi connectivity index (χ3v) is 8.85. The first-order chi connectivity index (χ1) is 17.5. The molecule has 188 valence electrons. The van der Waals surface area contributed by atoms with Crippen molar-refractivity contribution in [2.45, 2.75) is 56.7 Å². The van der Waals surface area contributed by atoms with Gasteiger partial charge in [0.15, 0.2) is 0 Å². The van der Waals surface area contributed by atoms with Crippen molar-refractivity contribution in [3.8, 4) is 0 Å². The summed E-state index contributed by atoms with van der Waals surface area (Å²) in [5, 5.41) is 3.62. The molecule has 1 saturated heterocycles. The van der Waals surface area contributed by atoms with Gasteiger partial charge in [0.2, 0.25) is 5.91 Å². The van der Waals surface area contributed by atoms with Crippen molar-refractivity contribution in [2.24, 2.45) is 23.7 Å². The first kappa shape index (κ1) is 23.4. The maximum atomic E-state index is 14.1. The predicted molar refractivity (Wildman–Crippen MR) is 133 cm³/mol. The Kier molecular flexibility index (Phi) is 6.13. The Morgan fingerprint density at radius 1 is 0.889 bits per heavy atom. The number of imide groups is 1. The van der Waals surface area contributed by atoms with Gasteiger partial charge in [-0.1, -0.05) is 60.7 Å². The molecular weight excluding hydrogens is 454 g/mol. The average Bonchev–Trinajstić information content (AvgIpc) is 2.88. The number of amides is 3. The Balaban J connectivity index is 1.22. The summed E-state index contributed by atoms with van der Waals surface area (Å²) in [6.07, 6.45) is 5.87. The van der Waals surface area contributed by atoms with E-state index in [2.05, 4.69) is 10.8 Å². The molecule has 0 aromatic heterocycles. The molecule has 7 rings (SSSR count). The number of nitrogens with zero attached hydrogens (tertiary/aromatic N) is 1. The summed E-state index contributed by atoms with van der Waals surface area (Å²) in [5.41, 5.74) is 3.63. The lowest BCUT2D eigenvalue weighted by Crippen LogP contribution is -2.79. The molecule has 1 atom stereocenters. The van der Waals surface area contributed by atoms with E-state index in [0.717, 1.165) is 36.8 Å². The summed E-state index contributed by atoms with van der Waals surface area (Å²) in [4.78, 5) is 47.1. The lowest BCUT2D eigenvalue weighted by atomic mass is 9.47. The zero-order chi connectivity index (χ0) is 24.7. The fraction of sp³-hybridized carbons (Fsp3) is 0.483. The maximum Gasteiger partial charge on any atom is 0.263 e. The Bertz CT molecular complexity index is 1110. The van der Waals surface area contributed by atoms with Gasteiger partial charge in [-0.05, 0) is 73.3 Å². The van der Waals surface area contributed by atoms with Crippen LogP contribution in [0.15, 0.2) is 60.7 Å². The number of hydrogen-bond acceptors (Lipinski definition) is 5. The van der Waals surface area contributed by atoms with E-state index in [1.165, 1.54) is 11.3 Å². The number of carbonyl (C=O) groups is 3. The van der Waals surface area contributed by atoms with Gasteiger partial charge in [0.05, 0.1) is 12.6 Å². The summed E-state index contributed by atoms with van der Waals surface area (Å²) in [6.45, 7) is -0.114. The molecule has 1 spiro atoms. The molecule has 7 nitrogen and oxygen atoms in total. The second-order valence-corrected chi connectivity index (χ2v) is 11.1. The van der Waals surface area contributed by atoms with E-state index in [1.807, 2.05) is 60.7 Å². The fourth-order valence-corrected chi connectivity index (χ4v) is 7.52. The normalized spacial score (nSPS) is 32.8. The third-order valence-electron chi connectivity index (χ3n) is 8.85. The number of hydrogen-bond donors (Lipinski definition) is 2. The number of hydroxylamine groups is 1. The van der Waals surface area contributed by atoms with Gasteiger partial charge in [-0.2, -0.15) is 0 Å². The van der Waals surface area contributed by atoms with E-state index >= 15 is 0 Å². The summed E-state index contributed by atoms with van der Waals surface area (Å²) >= 11 is 0. The Labute approximate surface area is 211 Å².